The number of fused-ring (bicyclic) bond motifs is 2. The lowest BCUT2D eigenvalue weighted by Crippen LogP contribution is -2.13. The van der Waals surface area contributed by atoms with Gasteiger partial charge in [-0.1, -0.05) is 48.5 Å². The first-order valence-electron chi connectivity index (χ1n) is 9.30. The summed E-state index contributed by atoms with van der Waals surface area (Å²) < 4.78 is 11.0. The van der Waals surface area contributed by atoms with Gasteiger partial charge in [0, 0.05) is 11.3 Å². The summed E-state index contributed by atoms with van der Waals surface area (Å²) in [5.74, 6) is 0.767. The molecule has 0 unspecified atom stereocenters. The van der Waals surface area contributed by atoms with Crippen LogP contribution in [0.5, 0.6) is 5.75 Å². The Labute approximate surface area is 163 Å². The number of benzene rings is 4. The first-order chi connectivity index (χ1) is 13.7. The Kier molecular flexibility index (Phi) is 5.11. The van der Waals surface area contributed by atoms with Crippen LogP contribution in [0.4, 0.5) is 10.5 Å². The molecule has 4 aromatic carbocycles. The van der Waals surface area contributed by atoms with Crippen LogP contribution in [-0.2, 0) is 11.3 Å². The monoisotopic (exact) mass is 371 g/mol. The second-order valence-electron chi connectivity index (χ2n) is 6.46. The summed E-state index contributed by atoms with van der Waals surface area (Å²) in [6.45, 7) is 2.74. The highest BCUT2D eigenvalue weighted by molar-refractivity contribution is 6.02. The number of rotatable bonds is 5. The fourth-order valence-corrected chi connectivity index (χ4v) is 3.36. The molecule has 0 bridgehead atoms. The molecule has 4 aromatic rings. The van der Waals surface area contributed by atoms with Crippen molar-refractivity contribution in [3.63, 3.8) is 0 Å². The van der Waals surface area contributed by atoms with E-state index in [4.69, 9.17) is 9.47 Å². The Morgan fingerprint density at radius 1 is 0.857 bits per heavy atom. The third-order valence-corrected chi connectivity index (χ3v) is 4.64. The lowest BCUT2D eigenvalue weighted by molar-refractivity contribution is 0.156. The van der Waals surface area contributed by atoms with Gasteiger partial charge in [-0.3, -0.25) is 5.32 Å². The van der Waals surface area contributed by atoms with Crippen molar-refractivity contribution in [1.29, 1.82) is 0 Å². The number of nitrogens with one attached hydrogen (secondary N) is 1. The van der Waals surface area contributed by atoms with Crippen molar-refractivity contribution in [2.45, 2.75) is 13.5 Å². The number of ether oxygens (including phenoxy) is 2. The SMILES string of the molecule is CCOc1ccc(NC(=O)OCc2c3ccccc3cc3ccccc23)cc1. The van der Waals surface area contributed by atoms with Crippen LogP contribution in [0.3, 0.4) is 0 Å². The van der Waals surface area contributed by atoms with E-state index in [0.717, 1.165) is 32.9 Å². The molecule has 0 saturated carbocycles. The summed E-state index contributed by atoms with van der Waals surface area (Å²) >= 11 is 0. The molecular weight excluding hydrogens is 350 g/mol. The zero-order valence-electron chi connectivity index (χ0n) is 15.6. The molecule has 0 fully saturated rings. The van der Waals surface area contributed by atoms with Crippen LogP contribution in [0.25, 0.3) is 21.5 Å². The van der Waals surface area contributed by atoms with E-state index in [1.54, 1.807) is 12.1 Å². The van der Waals surface area contributed by atoms with E-state index in [9.17, 15) is 4.79 Å². The molecule has 0 aliphatic rings. The molecule has 0 radical (unpaired) electrons. The van der Waals surface area contributed by atoms with Gasteiger partial charge in [0.05, 0.1) is 6.61 Å². The molecule has 4 rings (SSSR count). The predicted octanol–water partition coefficient (Wildman–Crippen LogP) is 6.14. The van der Waals surface area contributed by atoms with Crippen molar-refractivity contribution in [3.8, 4) is 5.75 Å². The molecule has 4 heteroatoms. The summed E-state index contributed by atoms with van der Waals surface area (Å²) in [6, 6.07) is 25.7. The van der Waals surface area contributed by atoms with Gasteiger partial charge < -0.3 is 9.47 Å². The van der Waals surface area contributed by atoms with E-state index in [1.165, 1.54) is 0 Å². The van der Waals surface area contributed by atoms with Gasteiger partial charge >= 0.3 is 6.09 Å². The van der Waals surface area contributed by atoms with Gasteiger partial charge in [-0.25, -0.2) is 4.79 Å². The standard InChI is InChI=1S/C24H21NO3/c1-2-27-20-13-11-19(12-14-20)25-24(26)28-16-23-21-9-5-3-7-17(21)15-18-8-4-6-10-22(18)23/h3-15H,2,16H2,1H3,(H,25,26). The Morgan fingerprint density at radius 2 is 1.46 bits per heavy atom. The number of hydrogen-bond acceptors (Lipinski definition) is 3. The van der Waals surface area contributed by atoms with Gasteiger partial charge in [0.25, 0.3) is 0 Å². The Hall–Kier alpha value is -3.53. The normalized spacial score (nSPS) is 10.8. The molecule has 0 spiro atoms. The maximum atomic E-state index is 12.3. The third-order valence-electron chi connectivity index (χ3n) is 4.64. The molecule has 0 atom stereocenters. The Bertz CT molecular complexity index is 1070. The van der Waals surface area contributed by atoms with Gasteiger partial charge in [-0.15, -0.1) is 0 Å². The molecule has 0 aromatic heterocycles. The molecule has 0 aliphatic heterocycles. The van der Waals surface area contributed by atoms with Crippen LogP contribution in [0.1, 0.15) is 12.5 Å². The smallest absolute Gasteiger partial charge is 0.411 e. The molecule has 0 saturated heterocycles. The zero-order valence-corrected chi connectivity index (χ0v) is 15.6. The first kappa shape index (κ1) is 17.9. The van der Waals surface area contributed by atoms with Crippen molar-refractivity contribution in [3.05, 3.63) is 84.4 Å². The number of anilines is 1. The van der Waals surface area contributed by atoms with E-state index in [0.29, 0.717) is 12.3 Å². The second-order valence-corrected chi connectivity index (χ2v) is 6.46. The Morgan fingerprint density at radius 3 is 2.07 bits per heavy atom. The van der Waals surface area contributed by atoms with E-state index in [2.05, 4.69) is 35.6 Å². The highest BCUT2D eigenvalue weighted by Gasteiger charge is 2.10. The van der Waals surface area contributed by atoms with Crippen LogP contribution in [0, 0.1) is 0 Å². The zero-order chi connectivity index (χ0) is 19.3. The summed E-state index contributed by atoms with van der Waals surface area (Å²) in [4.78, 5) is 12.3. The molecule has 0 aliphatic carbocycles. The van der Waals surface area contributed by atoms with Crippen molar-refractivity contribution < 1.29 is 14.3 Å². The van der Waals surface area contributed by atoms with Crippen LogP contribution in [0.15, 0.2) is 78.9 Å². The largest absolute Gasteiger partial charge is 0.494 e. The first-order valence-corrected chi connectivity index (χ1v) is 9.30. The minimum absolute atomic E-state index is 0.199. The summed E-state index contributed by atoms with van der Waals surface area (Å²) in [6.07, 6.45) is -0.485. The minimum atomic E-state index is -0.485. The van der Waals surface area contributed by atoms with Crippen LogP contribution >= 0.6 is 0 Å². The molecular formula is C24H21NO3. The minimum Gasteiger partial charge on any atom is -0.494 e. The van der Waals surface area contributed by atoms with Crippen LogP contribution < -0.4 is 10.1 Å². The van der Waals surface area contributed by atoms with E-state index >= 15 is 0 Å². The summed E-state index contributed by atoms with van der Waals surface area (Å²) in [5, 5.41) is 7.21. The topological polar surface area (TPSA) is 47.6 Å². The number of carbonyl (C=O) groups is 1. The van der Waals surface area contributed by atoms with E-state index in [-0.39, 0.29) is 6.61 Å². The van der Waals surface area contributed by atoms with Crippen LogP contribution in [-0.4, -0.2) is 12.7 Å². The van der Waals surface area contributed by atoms with Gasteiger partial charge in [-0.2, -0.15) is 0 Å². The molecule has 1 N–H and O–H groups in total. The maximum Gasteiger partial charge on any atom is 0.411 e. The summed E-state index contributed by atoms with van der Waals surface area (Å²) in [5.41, 5.74) is 1.67. The van der Waals surface area contributed by atoms with Crippen molar-refractivity contribution >= 4 is 33.3 Å². The molecule has 1 amide bonds. The quantitative estimate of drug-likeness (QED) is 0.429. The maximum absolute atomic E-state index is 12.3. The number of amides is 1. The Balaban J connectivity index is 1.53. The number of hydrogen-bond donors (Lipinski definition) is 1. The summed E-state index contributed by atoms with van der Waals surface area (Å²) in [7, 11) is 0. The van der Waals surface area contributed by atoms with Crippen molar-refractivity contribution in [1.82, 2.24) is 0 Å². The van der Waals surface area contributed by atoms with Crippen molar-refractivity contribution in [2.75, 3.05) is 11.9 Å². The van der Waals surface area contributed by atoms with Gasteiger partial charge in [0.1, 0.15) is 12.4 Å². The van der Waals surface area contributed by atoms with Gasteiger partial charge in [0.2, 0.25) is 0 Å². The lowest BCUT2D eigenvalue weighted by atomic mass is 9.97. The molecule has 140 valence electrons. The van der Waals surface area contributed by atoms with Gasteiger partial charge in [-0.05, 0) is 58.8 Å². The van der Waals surface area contributed by atoms with Crippen molar-refractivity contribution in [2.24, 2.45) is 0 Å². The highest BCUT2D eigenvalue weighted by Crippen LogP contribution is 2.29. The fourth-order valence-electron chi connectivity index (χ4n) is 3.36. The fraction of sp³-hybridized carbons (Fsp3) is 0.125. The third kappa shape index (κ3) is 3.76. The number of carbonyl (C=O) groups excluding carboxylic acids is 1. The highest BCUT2D eigenvalue weighted by atomic mass is 16.5. The average molecular weight is 371 g/mol. The predicted molar refractivity (Wildman–Crippen MR) is 113 cm³/mol. The van der Waals surface area contributed by atoms with Crippen LogP contribution in [0.2, 0.25) is 0 Å². The average Bonchev–Trinajstić information content (AvgIpc) is 2.73. The van der Waals surface area contributed by atoms with E-state index in [1.807, 2.05) is 43.3 Å². The molecule has 0 heterocycles. The van der Waals surface area contributed by atoms with E-state index < -0.39 is 6.09 Å². The lowest BCUT2D eigenvalue weighted by Gasteiger charge is -2.13. The molecule has 28 heavy (non-hydrogen) atoms. The second kappa shape index (κ2) is 8.01. The van der Waals surface area contributed by atoms with Gasteiger partial charge in [0.15, 0.2) is 0 Å². The molecule has 4 nitrogen and oxygen atoms in total.